The number of piperidine rings is 1. The van der Waals surface area contributed by atoms with Gasteiger partial charge in [0.2, 0.25) is 21.8 Å². The maximum absolute atomic E-state index is 12.8. The Labute approximate surface area is 171 Å². The summed E-state index contributed by atoms with van der Waals surface area (Å²) in [5.41, 5.74) is 0. The van der Waals surface area contributed by atoms with Crippen molar-refractivity contribution in [3.63, 3.8) is 0 Å². The van der Waals surface area contributed by atoms with Crippen molar-refractivity contribution in [3.05, 3.63) is 12.4 Å². The summed E-state index contributed by atoms with van der Waals surface area (Å²) in [6.45, 7) is 4.24. The number of aryl methyl sites for hydroxylation is 1. The summed E-state index contributed by atoms with van der Waals surface area (Å²) in [5, 5.41) is 6.90. The molecule has 28 heavy (non-hydrogen) atoms. The highest BCUT2D eigenvalue weighted by atomic mass is 35.5. The SMILES string of the molecule is CC(NS(=O)(=O)c1cnn(C)c1)C(=O)N1CCCC(N2CCNCC2=O)C1.Cl. The zero-order valence-electron chi connectivity index (χ0n) is 16.0. The summed E-state index contributed by atoms with van der Waals surface area (Å²) in [5.74, 6) is -0.236. The molecular weight excluding hydrogens is 408 g/mol. The molecule has 1 aromatic rings. The van der Waals surface area contributed by atoms with E-state index in [2.05, 4.69) is 15.1 Å². The van der Waals surface area contributed by atoms with Crippen molar-refractivity contribution >= 4 is 34.2 Å². The largest absolute Gasteiger partial charge is 0.339 e. The summed E-state index contributed by atoms with van der Waals surface area (Å²) in [4.78, 5) is 28.4. The monoisotopic (exact) mass is 434 g/mol. The van der Waals surface area contributed by atoms with Crippen LogP contribution in [0.2, 0.25) is 0 Å². The summed E-state index contributed by atoms with van der Waals surface area (Å²) in [7, 11) is -2.19. The first kappa shape index (κ1) is 22.6. The molecule has 0 bridgehead atoms. The van der Waals surface area contributed by atoms with E-state index in [9.17, 15) is 18.0 Å². The third-order valence-corrected chi connectivity index (χ3v) is 6.46. The Kier molecular flexibility index (Phi) is 7.43. The number of carbonyl (C=O) groups excluding carboxylic acids is 2. The highest BCUT2D eigenvalue weighted by Gasteiger charge is 2.34. The molecule has 10 nitrogen and oxygen atoms in total. The molecule has 0 saturated carbocycles. The number of likely N-dealkylation sites (tertiary alicyclic amines) is 1. The van der Waals surface area contributed by atoms with Gasteiger partial charge < -0.3 is 15.1 Å². The molecule has 0 spiro atoms. The molecular formula is C16H27ClN6O4S. The molecule has 2 N–H and O–H groups in total. The van der Waals surface area contributed by atoms with Crippen LogP contribution in [-0.4, -0.2) is 84.6 Å². The normalized spacial score (nSPS) is 21.9. The topological polar surface area (TPSA) is 117 Å². The lowest BCUT2D eigenvalue weighted by Crippen LogP contribution is -2.59. The highest BCUT2D eigenvalue weighted by molar-refractivity contribution is 7.89. The first-order valence-electron chi connectivity index (χ1n) is 9.08. The van der Waals surface area contributed by atoms with E-state index in [1.54, 1.807) is 11.9 Å². The van der Waals surface area contributed by atoms with E-state index in [1.165, 1.54) is 24.0 Å². The third kappa shape index (κ3) is 5.02. The van der Waals surface area contributed by atoms with Crippen LogP contribution in [0.25, 0.3) is 0 Å². The Morgan fingerprint density at radius 1 is 1.39 bits per heavy atom. The summed E-state index contributed by atoms with van der Waals surface area (Å²) < 4.78 is 28.6. The van der Waals surface area contributed by atoms with Crippen LogP contribution in [0.4, 0.5) is 0 Å². The third-order valence-electron chi connectivity index (χ3n) is 4.97. The van der Waals surface area contributed by atoms with Crippen molar-refractivity contribution in [2.24, 2.45) is 7.05 Å². The van der Waals surface area contributed by atoms with Gasteiger partial charge in [-0.25, -0.2) is 8.42 Å². The minimum absolute atomic E-state index is 0. The lowest BCUT2D eigenvalue weighted by molar-refractivity contribution is -0.141. The van der Waals surface area contributed by atoms with Crippen LogP contribution in [0, 0.1) is 0 Å². The van der Waals surface area contributed by atoms with Crippen LogP contribution >= 0.6 is 12.4 Å². The second kappa shape index (κ2) is 9.21. The predicted molar refractivity (Wildman–Crippen MR) is 104 cm³/mol. The van der Waals surface area contributed by atoms with Crippen LogP contribution in [0.3, 0.4) is 0 Å². The van der Waals surface area contributed by atoms with Crippen LogP contribution in [-0.2, 0) is 26.7 Å². The Morgan fingerprint density at radius 2 is 2.14 bits per heavy atom. The van der Waals surface area contributed by atoms with Crippen molar-refractivity contribution in [1.82, 2.24) is 29.6 Å². The van der Waals surface area contributed by atoms with Crippen LogP contribution in [0.5, 0.6) is 0 Å². The number of hydrogen-bond donors (Lipinski definition) is 2. The van der Waals surface area contributed by atoms with E-state index in [-0.39, 0.29) is 35.2 Å². The van der Waals surface area contributed by atoms with Gasteiger partial charge >= 0.3 is 0 Å². The maximum atomic E-state index is 12.8. The number of hydrogen-bond acceptors (Lipinski definition) is 6. The van der Waals surface area contributed by atoms with E-state index in [1.807, 2.05) is 4.90 Å². The molecule has 158 valence electrons. The average molecular weight is 435 g/mol. The number of nitrogens with zero attached hydrogens (tertiary/aromatic N) is 4. The summed E-state index contributed by atoms with van der Waals surface area (Å²) in [6.07, 6.45) is 4.26. The second-order valence-corrected chi connectivity index (χ2v) is 8.75. The van der Waals surface area contributed by atoms with Gasteiger partial charge in [0.1, 0.15) is 4.90 Å². The number of amides is 2. The van der Waals surface area contributed by atoms with E-state index in [4.69, 9.17) is 0 Å². The van der Waals surface area contributed by atoms with Gasteiger partial charge in [-0.3, -0.25) is 14.3 Å². The van der Waals surface area contributed by atoms with E-state index >= 15 is 0 Å². The molecule has 1 aromatic heterocycles. The molecule has 0 aromatic carbocycles. The number of halogens is 1. The summed E-state index contributed by atoms with van der Waals surface area (Å²) >= 11 is 0. The van der Waals surface area contributed by atoms with Crippen LogP contribution < -0.4 is 10.0 Å². The zero-order valence-corrected chi connectivity index (χ0v) is 17.6. The minimum atomic E-state index is -3.82. The molecule has 0 radical (unpaired) electrons. The number of nitrogens with one attached hydrogen (secondary N) is 2. The van der Waals surface area contributed by atoms with Gasteiger partial charge in [0, 0.05) is 45.5 Å². The van der Waals surface area contributed by atoms with Crippen molar-refractivity contribution in [3.8, 4) is 0 Å². The standard InChI is InChI=1S/C16H26N6O4S.ClH/c1-12(19-27(25,26)14-8-18-20(2)11-14)16(24)21-6-3-4-13(10-21)22-7-5-17-9-15(22)23;/h8,11-13,17,19H,3-7,9-10H2,1-2H3;1H. The maximum Gasteiger partial charge on any atom is 0.244 e. The molecule has 2 unspecified atom stereocenters. The van der Waals surface area contributed by atoms with Gasteiger partial charge in [-0.1, -0.05) is 0 Å². The number of sulfonamides is 1. The van der Waals surface area contributed by atoms with Crippen molar-refractivity contribution in [1.29, 1.82) is 0 Å². The van der Waals surface area contributed by atoms with E-state index < -0.39 is 16.1 Å². The van der Waals surface area contributed by atoms with E-state index in [0.717, 1.165) is 19.4 Å². The van der Waals surface area contributed by atoms with Crippen molar-refractivity contribution in [2.45, 2.75) is 36.7 Å². The zero-order chi connectivity index (χ0) is 19.6. The smallest absolute Gasteiger partial charge is 0.244 e. The number of carbonyl (C=O) groups is 2. The fourth-order valence-corrected chi connectivity index (χ4v) is 4.76. The molecule has 2 aliphatic rings. The van der Waals surface area contributed by atoms with Crippen molar-refractivity contribution in [2.75, 3.05) is 32.7 Å². The highest BCUT2D eigenvalue weighted by Crippen LogP contribution is 2.18. The molecule has 2 amide bonds. The first-order valence-corrected chi connectivity index (χ1v) is 10.6. The van der Waals surface area contributed by atoms with Gasteiger partial charge in [-0.15, -0.1) is 12.4 Å². The molecule has 3 rings (SSSR count). The molecule has 2 saturated heterocycles. The molecule has 0 aliphatic carbocycles. The average Bonchev–Trinajstić information content (AvgIpc) is 3.08. The second-order valence-electron chi connectivity index (χ2n) is 7.04. The first-order chi connectivity index (χ1) is 12.8. The van der Waals surface area contributed by atoms with Crippen molar-refractivity contribution < 1.29 is 18.0 Å². The number of aromatic nitrogens is 2. The quantitative estimate of drug-likeness (QED) is 0.609. The Hall–Kier alpha value is -1.69. The lowest BCUT2D eigenvalue weighted by Gasteiger charge is -2.41. The molecule has 2 atom stereocenters. The summed E-state index contributed by atoms with van der Waals surface area (Å²) in [6, 6.07) is -0.910. The predicted octanol–water partition coefficient (Wildman–Crippen LogP) is -1.07. The van der Waals surface area contributed by atoms with Gasteiger partial charge in [0.25, 0.3) is 0 Å². The fourth-order valence-electron chi connectivity index (χ4n) is 3.58. The van der Waals surface area contributed by atoms with Gasteiger partial charge in [-0.05, 0) is 19.8 Å². The Bertz CT molecular complexity index is 814. The van der Waals surface area contributed by atoms with Gasteiger partial charge in [-0.2, -0.15) is 9.82 Å². The number of piperazine rings is 1. The van der Waals surface area contributed by atoms with Gasteiger partial charge in [0.15, 0.2) is 0 Å². The lowest BCUT2D eigenvalue weighted by atomic mass is 10.0. The number of rotatable bonds is 5. The van der Waals surface area contributed by atoms with Crippen LogP contribution in [0.1, 0.15) is 19.8 Å². The fraction of sp³-hybridized carbons (Fsp3) is 0.688. The molecule has 3 heterocycles. The molecule has 12 heteroatoms. The van der Waals surface area contributed by atoms with E-state index in [0.29, 0.717) is 26.2 Å². The molecule has 2 fully saturated rings. The Balaban J connectivity index is 0.00000280. The van der Waals surface area contributed by atoms with Gasteiger partial charge in [0.05, 0.1) is 18.8 Å². The van der Waals surface area contributed by atoms with Crippen LogP contribution in [0.15, 0.2) is 17.3 Å². The Morgan fingerprint density at radius 3 is 2.79 bits per heavy atom. The minimum Gasteiger partial charge on any atom is -0.339 e. The molecule has 2 aliphatic heterocycles.